The van der Waals surface area contributed by atoms with Crippen LogP contribution in [0.5, 0.6) is 0 Å². The van der Waals surface area contributed by atoms with Crippen molar-refractivity contribution in [2.45, 2.75) is 110 Å². The van der Waals surface area contributed by atoms with E-state index in [0.717, 1.165) is 45.1 Å². The molecule has 0 aromatic carbocycles. The highest BCUT2D eigenvalue weighted by Gasteiger charge is 2.65. The van der Waals surface area contributed by atoms with E-state index in [9.17, 15) is 23.4 Å². The van der Waals surface area contributed by atoms with E-state index in [1.165, 1.54) is 25.7 Å². The van der Waals surface area contributed by atoms with Crippen LogP contribution < -0.4 is 5.32 Å². The van der Waals surface area contributed by atoms with E-state index in [1.54, 1.807) is 0 Å². The van der Waals surface area contributed by atoms with E-state index in [2.05, 4.69) is 26.1 Å². The number of hydrogen-bond donors (Lipinski definition) is 4. The third kappa shape index (κ3) is 7.16. The average Bonchev–Trinajstić information content (AvgIpc) is 3.23. The summed E-state index contributed by atoms with van der Waals surface area (Å²) in [5.41, 5.74) is 0.0508. The van der Waals surface area contributed by atoms with Gasteiger partial charge in [-0.1, -0.05) is 33.6 Å². The lowest BCUT2D eigenvalue weighted by Gasteiger charge is -2.63. The molecule has 3 unspecified atom stereocenters. The number of aliphatic hydroxyl groups excluding tert-OH is 2. The largest absolute Gasteiger partial charge is 0.393 e. The summed E-state index contributed by atoms with van der Waals surface area (Å²) in [5, 5.41) is 26.3. The molecule has 0 aliphatic heterocycles. The van der Waals surface area contributed by atoms with Gasteiger partial charge >= 0.3 is 0 Å². The van der Waals surface area contributed by atoms with Crippen LogP contribution in [0, 0.1) is 46.3 Å². The molecule has 4 aliphatic rings. The van der Waals surface area contributed by atoms with Crippen molar-refractivity contribution in [3.05, 3.63) is 0 Å². The first kappa shape index (κ1) is 33.2. The maximum absolute atomic E-state index is 12.7. The van der Waals surface area contributed by atoms with Gasteiger partial charge in [-0.3, -0.25) is 9.35 Å². The van der Waals surface area contributed by atoms with Gasteiger partial charge in [0.1, 0.15) is 0 Å². The highest BCUT2D eigenvalue weighted by molar-refractivity contribution is 7.85. The van der Waals surface area contributed by atoms with Gasteiger partial charge < -0.3 is 20.0 Å². The maximum Gasteiger partial charge on any atom is 0.265 e. The topological polar surface area (TPSA) is 124 Å². The van der Waals surface area contributed by atoms with Crippen LogP contribution in [0.15, 0.2) is 0 Å². The van der Waals surface area contributed by atoms with Crippen molar-refractivity contribution < 1.29 is 32.5 Å². The quantitative estimate of drug-likeness (QED) is 0.151. The zero-order chi connectivity index (χ0) is 30.2. The van der Waals surface area contributed by atoms with Crippen LogP contribution in [-0.4, -0.2) is 85.3 Å². The number of fused-ring (bicyclic) bond motifs is 5. The summed E-state index contributed by atoms with van der Waals surface area (Å²) in [6.07, 6.45) is 10.8. The molecule has 10 atom stereocenters. The van der Waals surface area contributed by atoms with Crippen molar-refractivity contribution in [2.75, 3.05) is 39.5 Å². The number of nitrogens with zero attached hydrogens (tertiary/aromatic N) is 1. The fourth-order valence-corrected chi connectivity index (χ4v) is 10.9. The summed E-state index contributed by atoms with van der Waals surface area (Å²) in [7, 11) is 0.142. The van der Waals surface area contributed by atoms with E-state index < -0.39 is 10.1 Å². The fraction of sp³-hybridized carbons (Fsp3) is 0.969. The van der Waals surface area contributed by atoms with Gasteiger partial charge in [-0.2, -0.15) is 8.42 Å². The van der Waals surface area contributed by atoms with Gasteiger partial charge in [-0.25, -0.2) is 0 Å². The third-order valence-electron chi connectivity index (χ3n) is 12.7. The number of carbonyl (C=O) groups excluding carboxylic acids is 1. The highest BCUT2D eigenvalue weighted by Crippen LogP contribution is 2.68. The molecule has 8 nitrogen and oxygen atoms in total. The molecule has 0 aromatic heterocycles. The lowest BCUT2D eigenvalue weighted by atomic mass is 9.43. The summed E-state index contributed by atoms with van der Waals surface area (Å²) in [6.45, 7) is 9.08. The third-order valence-corrected chi connectivity index (χ3v) is 13.5. The first-order valence-corrected chi connectivity index (χ1v) is 18.1. The average molecular weight is 600 g/mol. The molecule has 41 heavy (non-hydrogen) atoms. The molecular weight excluding hydrogens is 540 g/mol. The molecule has 0 spiro atoms. The maximum atomic E-state index is 12.7. The highest BCUT2D eigenvalue weighted by atomic mass is 32.2. The normalized spacial score (nSPS) is 39.9. The first-order valence-electron chi connectivity index (χ1n) is 16.5. The molecule has 4 rings (SSSR count). The van der Waals surface area contributed by atoms with Gasteiger partial charge in [-0.15, -0.1) is 0 Å². The Balaban J connectivity index is 1.26. The van der Waals surface area contributed by atoms with Gasteiger partial charge in [0.05, 0.1) is 45.1 Å². The number of rotatable bonds is 12. The molecule has 4 aliphatic carbocycles. The predicted molar refractivity (Wildman–Crippen MR) is 162 cm³/mol. The lowest BCUT2D eigenvalue weighted by molar-refractivity contribution is -0.890. The van der Waals surface area contributed by atoms with Crippen molar-refractivity contribution >= 4 is 16.0 Å². The zero-order valence-corrected chi connectivity index (χ0v) is 27.2. The zero-order valence-electron chi connectivity index (χ0n) is 26.4. The molecular formula is C32H59N2O6S+. The minimum absolute atomic E-state index is 0.0662. The predicted octanol–water partition coefficient (Wildman–Crippen LogP) is 4.25. The van der Waals surface area contributed by atoms with Crippen LogP contribution in [0.2, 0.25) is 0 Å². The number of amides is 1. The number of hydrogen-bond acceptors (Lipinski definition) is 5. The Labute approximate surface area is 249 Å². The molecule has 238 valence electrons. The molecule has 0 saturated heterocycles. The summed E-state index contributed by atoms with van der Waals surface area (Å²) in [6, 6.07) is 0. The molecule has 0 bridgehead atoms. The van der Waals surface area contributed by atoms with Gasteiger partial charge in [0.2, 0.25) is 5.91 Å². The smallest absolute Gasteiger partial charge is 0.265 e. The Morgan fingerprint density at radius 2 is 1.73 bits per heavy atom. The van der Waals surface area contributed by atoms with Crippen molar-refractivity contribution in [3.63, 3.8) is 0 Å². The molecule has 4 fully saturated rings. The first-order chi connectivity index (χ1) is 19.1. The van der Waals surface area contributed by atoms with Gasteiger partial charge in [0.25, 0.3) is 10.1 Å². The standard InChI is InChI=1S/C32H58N2O6S/c1-22(11-14-29(37)33-16-8-17-34(4,5)18-9-19-41(38,39)40)24-12-13-25-30-26(21-28(36)32(24,25)3)31(2)15-7-6-10-23(31)20-27(30)35/h22-28,30,35-36H,6-21H2,1-5H3,(H-,33,37,38,39,40)/p+1/t22-,23+,24+,25?,26?,27-,28+,30?,31+,32-/m1/s1. The Bertz CT molecular complexity index is 1020. The second-order valence-corrected chi connectivity index (χ2v) is 17.2. The van der Waals surface area contributed by atoms with E-state index in [0.29, 0.717) is 65.9 Å². The van der Waals surface area contributed by atoms with Crippen LogP contribution in [0.25, 0.3) is 0 Å². The fourth-order valence-electron chi connectivity index (χ4n) is 10.4. The van der Waals surface area contributed by atoms with Crippen molar-refractivity contribution in [2.24, 2.45) is 46.3 Å². The van der Waals surface area contributed by atoms with Crippen molar-refractivity contribution in [1.29, 1.82) is 0 Å². The second-order valence-electron chi connectivity index (χ2n) is 15.6. The molecule has 4 saturated carbocycles. The van der Waals surface area contributed by atoms with Crippen LogP contribution in [-0.2, 0) is 14.9 Å². The minimum Gasteiger partial charge on any atom is -0.393 e. The Kier molecular flexibility index (Phi) is 10.3. The summed E-state index contributed by atoms with van der Waals surface area (Å²) < 4.78 is 31.5. The minimum atomic E-state index is -3.92. The van der Waals surface area contributed by atoms with E-state index in [4.69, 9.17) is 4.55 Å². The van der Waals surface area contributed by atoms with E-state index in [1.807, 2.05) is 14.1 Å². The Morgan fingerprint density at radius 3 is 2.44 bits per heavy atom. The Morgan fingerprint density at radius 1 is 1.02 bits per heavy atom. The summed E-state index contributed by atoms with van der Waals surface area (Å²) >= 11 is 0. The summed E-state index contributed by atoms with van der Waals surface area (Å²) in [5.74, 6) is 2.19. The lowest BCUT2D eigenvalue weighted by Crippen LogP contribution is -2.61. The monoisotopic (exact) mass is 599 g/mol. The number of quaternary nitrogens is 1. The molecule has 1 amide bonds. The second kappa shape index (κ2) is 12.7. The van der Waals surface area contributed by atoms with Crippen LogP contribution >= 0.6 is 0 Å². The van der Waals surface area contributed by atoms with Crippen molar-refractivity contribution in [1.82, 2.24) is 5.32 Å². The molecule has 9 heteroatoms. The molecule has 0 radical (unpaired) electrons. The summed E-state index contributed by atoms with van der Waals surface area (Å²) in [4.78, 5) is 12.7. The number of carbonyl (C=O) groups is 1. The SMILES string of the molecule is C[C@H](CCC(=O)NCCC[N+](C)(C)CCCS(=O)(=O)O)[C@@H]1CCC2C3C(C[C@H](O)[C@@]21C)[C@@]1(C)CCCC[C@H]1C[C@H]3O. The molecule has 0 aromatic rings. The van der Waals surface area contributed by atoms with Gasteiger partial charge in [-0.05, 0) is 91.3 Å². The van der Waals surface area contributed by atoms with Crippen LogP contribution in [0.1, 0.15) is 97.8 Å². The van der Waals surface area contributed by atoms with Gasteiger partial charge in [0, 0.05) is 25.8 Å². The van der Waals surface area contributed by atoms with Gasteiger partial charge in [0.15, 0.2) is 0 Å². The Hall–Kier alpha value is -0.740. The van der Waals surface area contributed by atoms with Crippen LogP contribution in [0.4, 0.5) is 0 Å². The number of nitrogens with one attached hydrogen (secondary N) is 1. The van der Waals surface area contributed by atoms with E-state index in [-0.39, 0.29) is 34.7 Å². The van der Waals surface area contributed by atoms with Crippen molar-refractivity contribution in [3.8, 4) is 0 Å². The van der Waals surface area contributed by atoms with E-state index >= 15 is 0 Å². The molecule has 4 N–H and O–H groups in total. The molecule has 0 heterocycles. The number of aliphatic hydroxyl groups is 2. The van der Waals surface area contributed by atoms with Crippen LogP contribution in [0.3, 0.4) is 0 Å².